The van der Waals surface area contributed by atoms with Gasteiger partial charge in [-0.3, -0.25) is 9.59 Å². The highest BCUT2D eigenvalue weighted by atomic mass is 32.1. The van der Waals surface area contributed by atoms with Crippen LogP contribution in [-0.4, -0.2) is 28.3 Å². The molecular weight excluding hydrogens is 403 g/mol. The van der Waals surface area contributed by atoms with E-state index in [0.717, 1.165) is 17.0 Å². The van der Waals surface area contributed by atoms with Crippen molar-refractivity contribution in [1.29, 1.82) is 0 Å². The van der Waals surface area contributed by atoms with E-state index in [4.69, 9.17) is 0 Å². The number of hydrogen-bond acceptors (Lipinski definition) is 5. The summed E-state index contributed by atoms with van der Waals surface area (Å²) in [6.45, 7) is 2.28. The Kier molecular flexibility index (Phi) is 5.85. The Bertz CT molecular complexity index is 1080. The molecule has 8 heteroatoms. The highest BCUT2D eigenvalue weighted by molar-refractivity contribution is 7.18. The zero-order valence-electron chi connectivity index (χ0n) is 16.4. The van der Waals surface area contributed by atoms with Crippen LogP contribution in [-0.2, 0) is 6.42 Å². The van der Waals surface area contributed by atoms with E-state index in [1.807, 2.05) is 19.3 Å². The first kappa shape index (κ1) is 20.2. The highest BCUT2D eigenvalue weighted by Gasteiger charge is 2.26. The van der Waals surface area contributed by atoms with E-state index in [-0.39, 0.29) is 11.5 Å². The molecule has 1 aliphatic rings. The van der Waals surface area contributed by atoms with Gasteiger partial charge >= 0.3 is 0 Å². The summed E-state index contributed by atoms with van der Waals surface area (Å²) in [5.41, 5.74) is 1.97. The van der Waals surface area contributed by atoms with Crippen LogP contribution in [0.15, 0.2) is 42.7 Å². The minimum Gasteiger partial charge on any atom is -0.351 e. The van der Waals surface area contributed by atoms with Gasteiger partial charge in [0.1, 0.15) is 11.6 Å². The fraction of sp³-hybridized carbons (Fsp3) is 0.273. The lowest BCUT2D eigenvalue weighted by atomic mass is 10.2. The molecule has 1 fully saturated rings. The van der Waals surface area contributed by atoms with E-state index in [1.54, 1.807) is 6.07 Å². The summed E-state index contributed by atoms with van der Waals surface area (Å²) in [5.74, 6) is 0.343. The molecule has 3 aromatic rings. The molecule has 2 N–H and O–H groups in total. The number of carbonyl (C=O) groups excluding carboxylic acids is 2. The third-order valence-electron chi connectivity index (χ3n) is 4.81. The third kappa shape index (κ3) is 4.88. The summed E-state index contributed by atoms with van der Waals surface area (Å²) in [6.07, 6.45) is 6.62. The molecule has 6 nitrogen and oxygen atoms in total. The van der Waals surface area contributed by atoms with Crippen LogP contribution in [0.25, 0.3) is 0 Å². The van der Waals surface area contributed by atoms with Crippen molar-refractivity contribution in [2.45, 2.75) is 32.1 Å². The molecule has 0 saturated heterocycles. The minimum atomic E-state index is -0.474. The Hall–Kier alpha value is -3.13. The molecule has 1 saturated carbocycles. The molecule has 0 atom stereocenters. The van der Waals surface area contributed by atoms with Gasteiger partial charge in [-0.2, -0.15) is 0 Å². The molecule has 2 aromatic heterocycles. The maximum atomic E-state index is 13.3. The highest BCUT2D eigenvalue weighted by Crippen LogP contribution is 2.37. The number of aryl methyl sites for hydroxylation is 1. The largest absolute Gasteiger partial charge is 0.351 e. The van der Waals surface area contributed by atoms with Gasteiger partial charge in [-0.1, -0.05) is 6.07 Å². The number of nitrogens with zero attached hydrogens (tertiary/aromatic N) is 2. The van der Waals surface area contributed by atoms with Gasteiger partial charge in [0.15, 0.2) is 0 Å². The van der Waals surface area contributed by atoms with Crippen LogP contribution in [0.1, 0.15) is 55.7 Å². The predicted octanol–water partition coefficient (Wildman–Crippen LogP) is 4.09. The summed E-state index contributed by atoms with van der Waals surface area (Å²) in [5, 5.41) is 6.15. The molecular formula is C22H21FN4O2S. The molecule has 1 aromatic carbocycles. The molecule has 30 heavy (non-hydrogen) atoms. The lowest BCUT2D eigenvalue weighted by Crippen LogP contribution is -2.25. The Morgan fingerprint density at radius 1 is 1.17 bits per heavy atom. The quantitative estimate of drug-likeness (QED) is 0.598. The first-order valence-corrected chi connectivity index (χ1v) is 10.6. The summed E-state index contributed by atoms with van der Waals surface area (Å²) >= 11 is 1.19. The van der Waals surface area contributed by atoms with Gasteiger partial charge in [-0.05, 0) is 61.6 Å². The van der Waals surface area contributed by atoms with Gasteiger partial charge < -0.3 is 10.6 Å². The van der Waals surface area contributed by atoms with Crippen LogP contribution in [0.3, 0.4) is 0 Å². The first-order chi connectivity index (χ1) is 14.5. The average molecular weight is 425 g/mol. The second-order valence-electron chi connectivity index (χ2n) is 7.32. The van der Waals surface area contributed by atoms with Crippen LogP contribution >= 0.6 is 11.3 Å². The number of benzene rings is 1. The van der Waals surface area contributed by atoms with E-state index in [1.165, 1.54) is 48.4 Å². The minimum absolute atomic E-state index is 0.195. The molecule has 2 heterocycles. The van der Waals surface area contributed by atoms with E-state index in [9.17, 15) is 14.0 Å². The lowest BCUT2D eigenvalue weighted by Gasteiger charge is -2.05. The van der Waals surface area contributed by atoms with Crippen molar-refractivity contribution < 1.29 is 14.0 Å². The second-order valence-corrected chi connectivity index (χ2v) is 8.37. The maximum absolute atomic E-state index is 13.3. The first-order valence-electron chi connectivity index (χ1n) is 9.76. The summed E-state index contributed by atoms with van der Waals surface area (Å²) in [7, 11) is 0. The van der Waals surface area contributed by atoms with Gasteiger partial charge in [-0.15, -0.1) is 11.3 Å². The van der Waals surface area contributed by atoms with E-state index in [0.29, 0.717) is 28.8 Å². The van der Waals surface area contributed by atoms with E-state index >= 15 is 0 Å². The normalized spacial score (nSPS) is 13.1. The van der Waals surface area contributed by atoms with Crippen LogP contribution in [0, 0.1) is 12.7 Å². The number of nitrogens with one attached hydrogen (secondary N) is 2. The number of carbonyl (C=O) groups is 2. The number of amides is 2. The summed E-state index contributed by atoms with van der Waals surface area (Å²) < 4.78 is 13.3. The Morgan fingerprint density at radius 2 is 1.93 bits per heavy atom. The maximum Gasteiger partial charge on any atom is 0.261 e. The summed E-state index contributed by atoms with van der Waals surface area (Å²) in [6, 6.07) is 7.20. The van der Waals surface area contributed by atoms with Crippen molar-refractivity contribution in [3.05, 3.63) is 75.9 Å². The average Bonchev–Trinajstić information content (AvgIpc) is 3.51. The van der Waals surface area contributed by atoms with Crippen LogP contribution in [0.4, 0.5) is 9.39 Å². The Morgan fingerprint density at radius 3 is 2.63 bits per heavy atom. The molecule has 0 aliphatic heterocycles. The molecule has 0 spiro atoms. The van der Waals surface area contributed by atoms with Gasteiger partial charge in [0.2, 0.25) is 0 Å². The molecule has 2 amide bonds. The van der Waals surface area contributed by atoms with Gasteiger partial charge in [0.25, 0.3) is 11.8 Å². The monoisotopic (exact) mass is 424 g/mol. The SMILES string of the molecule is Cc1cc(NC(=O)c2cccc(F)c2)sc1C(=O)NCCc1cnc(C2CC2)nc1. The summed E-state index contributed by atoms with van der Waals surface area (Å²) in [4.78, 5) is 34.1. The number of thiophene rings is 1. The standard InChI is InChI=1S/C22H21FN4O2S/c1-13-9-18(27-21(28)16-3-2-4-17(23)10-16)30-19(13)22(29)24-8-7-14-11-25-20(26-12-14)15-5-6-15/h2-4,9-12,15H,5-8H2,1H3,(H,24,29)(H,27,28). The molecule has 0 bridgehead atoms. The van der Waals surface area contributed by atoms with Crippen LogP contribution in [0.2, 0.25) is 0 Å². The van der Waals surface area contributed by atoms with Crippen LogP contribution < -0.4 is 10.6 Å². The van der Waals surface area contributed by atoms with Gasteiger partial charge in [-0.25, -0.2) is 14.4 Å². The number of hydrogen-bond donors (Lipinski definition) is 2. The van der Waals surface area contributed by atoms with Gasteiger partial charge in [0, 0.05) is 30.4 Å². The van der Waals surface area contributed by atoms with Gasteiger partial charge in [0.05, 0.1) is 9.88 Å². The lowest BCUT2D eigenvalue weighted by molar-refractivity contribution is 0.0956. The van der Waals surface area contributed by atoms with Crippen molar-refractivity contribution in [2.75, 3.05) is 11.9 Å². The van der Waals surface area contributed by atoms with Crippen molar-refractivity contribution in [3.8, 4) is 0 Å². The van der Waals surface area contributed by atoms with E-state index < -0.39 is 11.7 Å². The fourth-order valence-corrected chi connectivity index (χ4v) is 4.01. The molecule has 0 radical (unpaired) electrons. The number of rotatable bonds is 7. The van der Waals surface area contributed by atoms with Crippen molar-refractivity contribution in [2.24, 2.45) is 0 Å². The zero-order chi connectivity index (χ0) is 21.1. The molecule has 0 unspecified atom stereocenters. The van der Waals surface area contributed by atoms with Crippen molar-refractivity contribution in [1.82, 2.24) is 15.3 Å². The van der Waals surface area contributed by atoms with Crippen molar-refractivity contribution >= 4 is 28.2 Å². The Balaban J connectivity index is 1.31. The number of halogens is 1. The van der Waals surface area contributed by atoms with Crippen molar-refractivity contribution in [3.63, 3.8) is 0 Å². The molecule has 4 rings (SSSR count). The Labute approximate surface area is 177 Å². The second kappa shape index (κ2) is 8.71. The van der Waals surface area contributed by atoms with Crippen LogP contribution in [0.5, 0.6) is 0 Å². The van der Waals surface area contributed by atoms with E-state index in [2.05, 4.69) is 20.6 Å². The number of anilines is 1. The zero-order valence-corrected chi connectivity index (χ0v) is 17.3. The fourth-order valence-electron chi connectivity index (χ4n) is 3.03. The number of aromatic nitrogens is 2. The smallest absolute Gasteiger partial charge is 0.261 e. The topological polar surface area (TPSA) is 84.0 Å². The molecule has 154 valence electrons. The predicted molar refractivity (Wildman–Crippen MR) is 113 cm³/mol. The third-order valence-corrected chi connectivity index (χ3v) is 5.97. The molecule has 1 aliphatic carbocycles.